The second kappa shape index (κ2) is 9.03. The molecular weight excluding hydrogens is 465 g/mol. The number of aliphatic imine (C=N–C) groups is 1. The molecule has 2 heterocycles. The minimum atomic E-state index is 0.00696. The van der Waals surface area contributed by atoms with Crippen molar-refractivity contribution in [2.45, 2.75) is 6.42 Å². The standard InChI is InChI=1S/C26H23N3O2Se/c1-31-21-12-14-22(15-13-21)32-24-17-28(20-10-6-3-7-11-20)18-29-25(24)27-23(26(29)30)16-19-8-4-2-5-9-19/h2-15H,16-18H2,1H3. The third kappa shape index (κ3) is 4.20. The summed E-state index contributed by atoms with van der Waals surface area (Å²) in [7, 11) is 1.68. The number of hydrogen-bond donors (Lipinski definition) is 0. The number of carbonyl (C=O) groups is 1. The molecule has 3 aromatic rings. The molecular formula is C26H23N3O2Se. The van der Waals surface area contributed by atoms with Crippen molar-refractivity contribution in [1.82, 2.24) is 4.90 Å². The molecule has 3 aromatic carbocycles. The number of para-hydroxylation sites is 1. The van der Waals surface area contributed by atoms with E-state index in [9.17, 15) is 4.79 Å². The van der Waals surface area contributed by atoms with Gasteiger partial charge in [0.2, 0.25) is 0 Å². The summed E-state index contributed by atoms with van der Waals surface area (Å²) in [6, 6.07) is 28.5. The van der Waals surface area contributed by atoms with Crippen LogP contribution in [0, 0.1) is 0 Å². The quantitative estimate of drug-likeness (QED) is 0.501. The fourth-order valence-corrected chi connectivity index (χ4v) is 6.03. The van der Waals surface area contributed by atoms with E-state index in [2.05, 4.69) is 29.2 Å². The Kier molecular flexibility index (Phi) is 5.80. The average Bonchev–Trinajstić information content (AvgIpc) is 3.16. The maximum atomic E-state index is 13.3. The Morgan fingerprint density at radius 1 is 0.938 bits per heavy atom. The van der Waals surface area contributed by atoms with Gasteiger partial charge >= 0.3 is 194 Å². The van der Waals surface area contributed by atoms with Crippen molar-refractivity contribution >= 4 is 36.7 Å². The first-order chi connectivity index (χ1) is 15.7. The van der Waals surface area contributed by atoms with Crippen LogP contribution in [0.5, 0.6) is 5.75 Å². The van der Waals surface area contributed by atoms with E-state index in [1.165, 1.54) is 8.93 Å². The SMILES string of the molecule is COc1ccc([Se]C2=C3N=C(Cc4ccccc4)C(=O)N3CN(c3ccccc3)C2)cc1. The maximum absolute atomic E-state index is 13.3. The summed E-state index contributed by atoms with van der Waals surface area (Å²) < 4.78 is 7.73. The third-order valence-corrected chi connectivity index (χ3v) is 7.76. The number of methoxy groups -OCH3 is 1. The molecule has 0 N–H and O–H groups in total. The molecule has 32 heavy (non-hydrogen) atoms. The zero-order valence-corrected chi connectivity index (χ0v) is 19.5. The number of rotatable bonds is 6. The topological polar surface area (TPSA) is 45.1 Å². The Morgan fingerprint density at radius 2 is 1.62 bits per heavy atom. The Morgan fingerprint density at radius 3 is 2.31 bits per heavy atom. The van der Waals surface area contributed by atoms with Crippen LogP contribution in [0.15, 0.2) is 100 Å². The van der Waals surface area contributed by atoms with Crippen molar-refractivity contribution in [3.8, 4) is 5.75 Å². The number of anilines is 1. The fraction of sp³-hybridized carbons (Fsp3) is 0.154. The molecule has 0 radical (unpaired) electrons. The average molecular weight is 488 g/mol. The molecule has 0 saturated carbocycles. The second-order valence-corrected chi connectivity index (χ2v) is 10.1. The molecule has 0 atom stereocenters. The van der Waals surface area contributed by atoms with Gasteiger partial charge in [-0.05, 0) is 0 Å². The molecule has 1 amide bonds. The summed E-state index contributed by atoms with van der Waals surface area (Å²) in [5.41, 5.74) is 2.82. The summed E-state index contributed by atoms with van der Waals surface area (Å²) in [6.45, 7) is 1.28. The number of ether oxygens (including phenoxy) is 1. The molecule has 0 fully saturated rings. The van der Waals surface area contributed by atoms with Crippen LogP contribution < -0.4 is 14.1 Å². The van der Waals surface area contributed by atoms with Crippen LogP contribution in [0.3, 0.4) is 0 Å². The van der Waals surface area contributed by atoms with Crippen LogP contribution in [0.2, 0.25) is 0 Å². The first-order valence-corrected chi connectivity index (χ1v) is 12.2. The predicted molar refractivity (Wildman–Crippen MR) is 128 cm³/mol. The summed E-state index contributed by atoms with van der Waals surface area (Å²) >= 11 is 0.0410. The molecule has 0 aliphatic carbocycles. The summed E-state index contributed by atoms with van der Waals surface area (Å²) in [4.78, 5) is 22.3. The van der Waals surface area contributed by atoms with Crippen molar-refractivity contribution < 1.29 is 9.53 Å². The first-order valence-electron chi connectivity index (χ1n) is 10.5. The van der Waals surface area contributed by atoms with Gasteiger partial charge in [0.05, 0.1) is 0 Å². The van der Waals surface area contributed by atoms with E-state index >= 15 is 0 Å². The van der Waals surface area contributed by atoms with E-state index in [1.54, 1.807) is 7.11 Å². The zero-order chi connectivity index (χ0) is 21.9. The van der Waals surface area contributed by atoms with Crippen LogP contribution in [0.1, 0.15) is 5.56 Å². The molecule has 0 bridgehead atoms. The van der Waals surface area contributed by atoms with Crippen molar-refractivity contribution in [2.75, 3.05) is 25.2 Å². The van der Waals surface area contributed by atoms with E-state index in [4.69, 9.17) is 9.73 Å². The van der Waals surface area contributed by atoms with Crippen LogP contribution in [0.4, 0.5) is 5.69 Å². The van der Waals surface area contributed by atoms with E-state index < -0.39 is 0 Å². The van der Waals surface area contributed by atoms with E-state index in [1.807, 2.05) is 65.6 Å². The van der Waals surface area contributed by atoms with Gasteiger partial charge in [-0.25, -0.2) is 0 Å². The summed E-state index contributed by atoms with van der Waals surface area (Å²) in [5, 5.41) is 0. The number of amides is 1. The molecule has 5 rings (SSSR count). The molecule has 0 spiro atoms. The first kappa shape index (κ1) is 20.6. The van der Waals surface area contributed by atoms with Gasteiger partial charge < -0.3 is 0 Å². The van der Waals surface area contributed by atoms with Gasteiger partial charge in [0, 0.05) is 0 Å². The Labute approximate surface area is 194 Å². The van der Waals surface area contributed by atoms with Gasteiger partial charge in [-0.1, -0.05) is 0 Å². The molecule has 0 unspecified atom stereocenters. The van der Waals surface area contributed by atoms with Crippen LogP contribution in [-0.2, 0) is 11.2 Å². The molecule has 160 valence electrons. The van der Waals surface area contributed by atoms with Gasteiger partial charge in [-0.2, -0.15) is 0 Å². The van der Waals surface area contributed by atoms with Crippen molar-refractivity contribution in [1.29, 1.82) is 0 Å². The van der Waals surface area contributed by atoms with E-state index in [-0.39, 0.29) is 20.9 Å². The minimum absolute atomic E-state index is 0.00696. The molecule has 2 aliphatic heterocycles. The van der Waals surface area contributed by atoms with E-state index in [0.717, 1.165) is 29.4 Å². The van der Waals surface area contributed by atoms with Crippen molar-refractivity contribution in [3.05, 3.63) is 101 Å². The molecule has 2 aliphatic rings. The zero-order valence-electron chi connectivity index (χ0n) is 17.8. The molecule has 6 heteroatoms. The number of fused-ring (bicyclic) bond motifs is 1. The normalized spacial score (nSPS) is 15.7. The number of hydrogen-bond acceptors (Lipinski definition) is 4. The van der Waals surface area contributed by atoms with Gasteiger partial charge in [-0.15, -0.1) is 0 Å². The Bertz CT molecular complexity index is 1170. The van der Waals surface area contributed by atoms with Gasteiger partial charge in [-0.3, -0.25) is 0 Å². The molecule has 0 aromatic heterocycles. The summed E-state index contributed by atoms with van der Waals surface area (Å²) in [5.74, 6) is 1.69. The predicted octanol–water partition coefficient (Wildman–Crippen LogP) is 3.20. The van der Waals surface area contributed by atoms with Crippen LogP contribution in [0.25, 0.3) is 0 Å². The Balaban J connectivity index is 1.48. The van der Waals surface area contributed by atoms with Gasteiger partial charge in [0.15, 0.2) is 0 Å². The van der Waals surface area contributed by atoms with E-state index in [0.29, 0.717) is 18.8 Å². The third-order valence-electron chi connectivity index (χ3n) is 5.52. The van der Waals surface area contributed by atoms with Crippen molar-refractivity contribution in [3.63, 3.8) is 0 Å². The fourth-order valence-electron chi connectivity index (χ4n) is 3.88. The van der Waals surface area contributed by atoms with Crippen LogP contribution in [-0.4, -0.2) is 51.8 Å². The summed E-state index contributed by atoms with van der Waals surface area (Å²) in [6.07, 6.45) is 0.549. The number of carbonyl (C=O) groups excluding carboxylic acids is 1. The molecule has 5 nitrogen and oxygen atoms in total. The Hall–Kier alpha value is -3.34. The monoisotopic (exact) mass is 489 g/mol. The van der Waals surface area contributed by atoms with Gasteiger partial charge in [0.1, 0.15) is 0 Å². The van der Waals surface area contributed by atoms with Crippen LogP contribution >= 0.6 is 0 Å². The number of benzene rings is 3. The van der Waals surface area contributed by atoms with Crippen molar-refractivity contribution in [2.24, 2.45) is 4.99 Å². The number of nitrogens with zero attached hydrogens (tertiary/aromatic N) is 3. The second-order valence-electron chi connectivity index (χ2n) is 7.65. The molecule has 0 saturated heterocycles. The van der Waals surface area contributed by atoms with Gasteiger partial charge in [0.25, 0.3) is 0 Å².